The first-order valence-electron chi connectivity index (χ1n) is 7.61. The first kappa shape index (κ1) is 17.7. The molecule has 2 aromatic rings. The molecule has 0 fully saturated rings. The van der Waals surface area contributed by atoms with Gasteiger partial charge < -0.3 is 10.1 Å². The summed E-state index contributed by atoms with van der Waals surface area (Å²) in [4.78, 5) is 17.1. The Bertz CT molecular complexity index is 684. The van der Waals surface area contributed by atoms with E-state index in [2.05, 4.69) is 28.9 Å². The molecule has 0 aliphatic carbocycles. The average molecular weight is 331 g/mol. The van der Waals surface area contributed by atoms with Gasteiger partial charge in [-0.2, -0.15) is 0 Å². The smallest absolute Gasteiger partial charge is 0.413 e. The van der Waals surface area contributed by atoms with E-state index >= 15 is 0 Å². The molecule has 0 saturated heterocycles. The van der Waals surface area contributed by atoms with Gasteiger partial charge in [0.1, 0.15) is 11.6 Å². The van der Waals surface area contributed by atoms with Crippen LogP contribution < -0.4 is 10.2 Å². The van der Waals surface area contributed by atoms with Crippen LogP contribution in [0.15, 0.2) is 42.6 Å². The van der Waals surface area contributed by atoms with Crippen molar-refractivity contribution in [1.82, 2.24) is 4.98 Å². The number of hydrogen-bond donors (Lipinski definition) is 1. The Hall–Kier alpha value is -2.63. The number of amides is 1. The van der Waals surface area contributed by atoms with Crippen molar-refractivity contribution in [3.8, 4) is 0 Å². The zero-order chi connectivity index (χ0) is 17.7. The van der Waals surface area contributed by atoms with Crippen LogP contribution in [0.5, 0.6) is 0 Å². The minimum atomic E-state index is -0.449. The lowest BCUT2D eigenvalue weighted by Crippen LogP contribution is -2.28. The van der Waals surface area contributed by atoms with Crippen molar-refractivity contribution in [2.24, 2.45) is 0 Å². The number of carbonyl (C=O) groups excluding carboxylic acids is 1. The van der Waals surface area contributed by atoms with Crippen LogP contribution in [0.4, 0.5) is 20.7 Å². The highest BCUT2D eigenvalue weighted by molar-refractivity contribution is 5.86. The summed E-state index contributed by atoms with van der Waals surface area (Å²) in [6, 6.07) is 10.1. The van der Waals surface area contributed by atoms with Gasteiger partial charge in [-0.3, -0.25) is 4.90 Å². The molecular formula is C18H22FN3O2. The number of anilines is 2. The zero-order valence-electron chi connectivity index (χ0n) is 14.3. The van der Waals surface area contributed by atoms with Crippen LogP contribution in [0.1, 0.15) is 19.4 Å². The van der Waals surface area contributed by atoms with Crippen molar-refractivity contribution in [3.05, 3.63) is 54.0 Å². The van der Waals surface area contributed by atoms with Crippen LogP contribution in [0.2, 0.25) is 0 Å². The van der Waals surface area contributed by atoms with E-state index in [4.69, 9.17) is 0 Å². The van der Waals surface area contributed by atoms with Gasteiger partial charge in [-0.15, -0.1) is 0 Å². The summed E-state index contributed by atoms with van der Waals surface area (Å²) in [6.07, 6.45) is 1.15. The number of ether oxygens (including phenoxy) is 1. The van der Waals surface area contributed by atoms with Gasteiger partial charge in [0.2, 0.25) is 0 Å². The lowest BCUT2D eigenvalue weighted by molar-refractivity contribution is 0.180. The minimum absolute atomic E-state index is 0.184. The minimum Gasteiger partial charge on any atom is -0.452 e. The van der Waals surface area contributed by atoms with E-state index in [-0.39, 0.29) is 11.2 Å². The molecule has 0 aliphatic heterocycles. The van der Waals surface area contributed by atoms with Gasteiger partial charge in [-0.25, -0.2) is 14.2 Å². The van der Waals surface area contributed by atoms with Gasteiger partial charge in [0.05, 0.1) is 19.0 Å². The van der Waals surface area contributed by atoms with E-state index in [0.29, 0.717) is 18.1 Å². The molecule has 0 radical (unpaired) electrons. The van der Waals surface area contributed by atoms with Gasteiger partial charge in [0.25, 0.3) is 0 Å². The molecule has 24 heavy (non-hydrogen) atoms. The summed E-state index contributed by atoms with van der Waals surface area (Å²) >= 11 is 0. The fraction of sp³-hybridized carbons (Fsp3) is 0.333. The lowest BCUT2D eigenvalue weighted by atomic mass is 9.84. The zero-order valence-corrected chi connectivity index (χ0v) is 14.3. The predicted molar refractivity (Wildman–Crippen MR) is 93.0 cm³/mol. The van der Waals surface area contributed by atoms with Crippen LogP contribution in [0.3, 0.4) is 0 Å². The third-order valence-electron chi connectivity index (χ3n) is 3.92. The highest BCUT2D eigenvalue weighted by Crippen LogP contribution is 2.24. The summed E-state index contributed by atoms with van der Waals surface area (Å²) in [6.45, 7) is 4.79. The monoisotopic (exact) mass is 331 g/mol. The lowest BCUT2D eigenvalue weighted by Gasteiger charge is -2.26. The highest BCUT2D eigenvalue weighted by atomic mass is 19.1. The molecule has 1 aromatic heterocycles. The molecule has 6 heteroatoms. The van der Waals surface area contributed by atoms with E-state index in [1.54, 1.807) is 37.5 Å². The Morgan fingerprint density at radius 1 is 1.25 bits per heavy atom. The second-order valence-electron chi connectivity index (χ2n) is 6.18. The van der Waals surface area contributed by atoms with Crippen molar-refractivity contribution < 1.29 is 13.9 Å². The number of methoxy groups -OCH3 is 1. The summed E-state index contributed by atoms with van der Waals surface area (Å²) in [5.74, 6) is 0.460. The predicted octanol–water partition coefficient (Wildman–Crippen LogP) is 3.81. The van der Waals surface area contributed by atoms with Crippen molar-refractivity contribution in [3.63, 3.8) is 0 Å². The highest BCUT2D eigenvalue weighted by Gasteiger charge is 2.20. The van der Waals surface area contributed by atoms with Crippen LogP contribution in [0.25, 0.3) is 0 Å². The van der Waals surface area contributed by atoms with E-state index in [9.17, 15) is 9.18 Å². The second-order valence-corrected chi connectivity index (χ2v) is 6.18. The van der Waals surface area contributed by atoms with Gasteiger partial charge in [0.15, 0.2) is 0 Å². The number of halogens is 1. The number of pyridine rings is 1. The van der Waals surface area contributed by atoms with Gasteiger partial charge >= 0.3 is 6.09 Å². The van der Waals surface area contributed by atoms with Gasteiger partial charge in [-0.1, -0.05) is 26.0 Å². The number of carbonyl (C=O) groups is 1. The maximum atomic E-state index is 13.0. The Balaban J connectivity index is 2.01. The Morgan fingerprint density at radius 3 is 2.46 bits per heavy atom. The van der Waals surface area contributed by atoms with Crippen molar-refractivity contribution >= 4 is 17.6 Å². The fourth-order valence-electron chi connectivity index (χ4n) is 2.25. The first-order chi connectivity index (χ1) is 11.3. The van der Waals surface area contributed by atoms with E-state index in [1.165, 1.54) is 24.1 Å². The number of aromatic nitrogens is 1. The Labute approximate surface area is 141 Å². The number of nitrogens with one attached hydrogen (secondary N) is 1. The molecule has 0 unspecified atom stereocenters. The topological polar surface area (TPSA) is 54.5 Å². The molecule has 0 aliphatic rings. The fourth-order valence-corrected chi connectivity index (χ4v) is 2.25. The quantitative estimate of drug-likeness (QED) is 0.905. The van der Waals surface area contributed by atoms with Crippen molar-refractivity contribution in [1.29, 1.82) is 0 Å². The largest absolute Gasteiger partial charge is 0.452 e. The molecule has 0 bridgehead atoms. The maximum absolute atomic E-state index is 13.0. The third-order valence-corrected chi connectivity index (χ3v) is 3.92. The third kappa shape index (κ3) is 4.22. The van der Waals surface area contributed by atoms with Crippen LogP contribution in [-0.2, 0) is 10.2 Å². The molecule has 1 N–H and O–H groups in total. The van der Waals surface area contributed by atoms with Crippen LogP contribution in [0, 0.1) is 5.82 Å². The standard InChI is InChI=1S/C18H22FN3O2/c1-18(2,13-5-7-14(19)8-6-13)12-21-16-10-9-15(11-20-16)22(3)17(23)24-4/h5-11H,12H2,1-4H3,(H,20,21). The normalized spacial score (nSPS) is 11.0. The van der Waals surface area contributed by atoms with Gasteiger partial charge in [-0.05, 0) is 29.8 Å². The summed E-state index contributed by atoms with van der Waals surface area (Å²) < 4.78 is 17.7. The van der Waals surface area contributed by atoms with Crippen LogP contribution in [-0.4, -0.2) is 31.8 Å². The Kier molecular flexibility index (Phi) is 5.39. The van der Waals surface area contributed by atoms with Gasteiger partial charge in [0, 0.05) is 19.0 Å². The molecule has 5 nitrogen and oxygen atoms in total. The molecule has 1 heterocycles. The Morgan fingerprint density at radius 2 is 1.92 bits per heavy atom. The van der Waals surface area contributed by atoms with Crippen LogP contribution >= 0.6 is 0 Å². The number of rotatable bonds is 5. The summed E-state index contributed by atoms with van der Waals surface area (Å²) in [5, 5.41) is 3.27. The van der Waals surface area contributed by atoms with Crippen molar-refractivity contribution in [2.45, 2.75) is 19.3 Å². The average Bonchev–Trinajstić information content (AvgIpc) is 2.59. The van der Waals surface area contributed by atoms with E-state index in [1.807, 2.05) is 0 Å². The summed E-state index contributed by atoms with van der Waals surface area (Å²) in [5.41, 5.74) is 1.50. The number of nitrogens with zero attached hydrogens (tertiary/aromatic N) is 2. The molecule has 0 saturated carbocycles. The SMILES string of the molecule is COC(=O)N(C)c1ccc(NCC(C)(C)c2ccc(F)cc2)nc1. The number of benzene rings is 1. The molecule has 2 rings (SSSR count). The molecule has 1 aromatic carbocycles. The summed E-state index contributed by atoms with van der Waals surface area (Å²) in [7, 11) is 2.95. The molecule has 0 atom stereocenters. The number of hydrogen-bond acceptors (Lipinski definition) is 4. The van der Waals surface area contributed by atoms with E-state index < -0.39 is 6.09 Å². The maximum Gasteiger partial charge on any atom is 0.413 e. The molecular weight excluding hydrogens is 309 g/mol. The molecule has 1 amide bonds. The second kappa shape index (κ2) is 7.29. The van der Waals surface area contributed by atoms with E-state index in [0.717, 1.165) is 5.56 Å². The molecule has 0 spiro atoms. The van der Waals surface area contributed by atoms with Crippen molar-refractivity contribution in [2.75, 3.05) is 30.9 Å². The molecule has 128 valence electrons. The first-order valence-corrected chi connectivity index (χ1v) is 7.61.